The molecule has 3 rings (SSSR count). The molecule has 1 aromatic carbocycles. The fourth-order valence-corrected chi connectivity index (χ4v) is 2.09. The number of carbonyl (C=O) groups is 2. The molecule has 2 heterocycles. The van der Waals surface area contributed by atoms with E-state index < -0.39 is 5.97 Å². The number of ether oxygens (including phenoxy) is 2. The molecular formula is C16H12O5. The van der Waals surface area contributed by atoms with Crippen LogP contribution in [0.15, 0.2) is 40.5 Å². The van der Waals surface area contributed by atoms with E-state index in [2.05, 4.69) is 4.74 Å². The summed E-state index contributed by atoms with van der Waals surface area (Å²) in [6.45, 7) is 1.82. The molecular weight excluding hydrogens is 272 g/mol. The molecule has 1 aliphatic heterocycles. The van der Waals surface area contributed by atoms with Gasteiger partial charge in [0.05, 0.1) is 18.2 Å². The molecule has 2 aromatic rings. The summed E-state index contributed by atoms with van der Waals surface area (Å²) in [7, 11) is 1.29. The van der Waals surface area contributed by atoms with Crippen molar-refractivity contribution in [3.05, 3.63) is 58.7 Å². The molecule has 0 fully saturated rings. The molecule has 0 saturated heterocycles. The molecule has 0 bridgehead atoms. The number of aryl methyl sites for hydroxylation is 1. The molecule has 0 aliphatic carbocycles. The second-order valence-corrected chi connectivity index (χ2v) is 4.59. The summed E-state index contributed by atoms with van der Waals surface area (Å²) in [4.78, 5) is 23.8. The van der Waals surface area contributed by atoms with Gasteiger partial charge in [0.1, 0.15) is 17.3 Å². The van der Waals surface area contributed by atoms with Gasteiger partial charge >= 0.3 is 5.97 Å². The van der Waals surface area contributed by atoms with Crippen LogP contribution in [0.5, 0.6) is 5.75 Å². The highest BCUT2D eigenvalue weighted by atomic mass is 16.5. The largest absolute Gasteiger partial charge is 0.465 e. The molecule has 106 valence electrons. The van der Waals surface area contributed by atoms with Gasteiger partial charge in [-0.3, -0.25) is 4.79 Å². The third-order valence-corrected chi connectivity index (χ3v) is 3.12. The number of fused-ring (bicyclic) bond motifs is 1. The molecule has 5 nitrogen and oxygen atoms in total. The molecule has 21 heavy (non-hydrogen) atoms. The summed E-state index contributed by atoms with van der Waals surface area (Å²) < 4.78 is 15.5. The Hall–Kier alpha value is -2.82. The van der Waals surface area contributed by atoms with Crippen LogP contribution in [0.3, 0.4) is 0 Å². The van der Waals surface area contributed by atoms with Gasteiger partial charge in [0.15, 0.2) is 5.76 Å². The van der Waals surface area contributed by atoms with Gasteiger partial charge in [-0.2, -0.15) is 0 Å². The Morgan fingerprint density at radius 1 is 1.24 bits per heavy atom. The zero-order valence-electron chi connectivity index (χ0n) is 11.5. The van der Waals surface area contributed by atoms with Gasteiger partial charge in [-0.15, -0.1) is 0 Å². The Balaban J connectivity index is 1.95. The molecule has 0 saturated carbocycles. The molecule has 0 atom stereocenters. The van der Waals surface area contributed by atoms with Crippen molar-refractivity contribution in [2.75, 3.05) is 7.11 Å². The summed E-state index contributed by atoms with van der Waals surface area (Å²) in [5, 5.41) is 0. The number of methoxy groups -OCH3 is 1. The normalized spacial score (nSPS) is 15.0. The van der Waals surface area contributed by atoms with Crippen molar-refractivity contribution in [1.82, 2.24) is 0 Å². The number of furan rings is 1. The van der Waals surface area contributed by atoms with E-state index in [0.717, 1.165) is 5.76 Å². The third-order valence-electron chi connectivity index (χ3n) is 3.12. The molecule has 5 heteroatoms. The smallest absolute Gasteiger partial charge is 0.337 e. The van der Waals surface area contributed by atoms with Gasteiger partial charge in [-0.1, -0.05) is 0 Å². The second-order valence-electron chi connectivity index (χ2n) is 4.59. The quantitative estimate of drug-likeness (QED) is 0.626. The monoisotopic (exact) mass is 284 g/mol. The van der Waals surface area contributed by atoms with Crippen LogP contribution in [0.4, 0.5) is 0 Å². The van der Waals surface area contributed by atoms with Crippen LogP contribution in [-0.4, -0.2) is 18.9 Å². The number of ketones is 1. The Kier molecular flexibility index (Phi) is 3.10. The third kappa shape index (κ3) is 2.33. The van der Waals surface area contributed by atoms with Gasteiger partial charge in [-0.25, -0.2) is 4.79 Å². The molecule has 0 spiro atoms. The second kappa shape index (κ2) is 4.94. The van der Waals surface area contributed by atoms with Crippen molar-refractivity contribution in [2.24, 2.45) is 0 Å². The maximum absolute atomic E-state index is 12.3. The molecule has 0 radical (unpaired) electrons. The summed E-state index contributed by atoms with van der Waals surface area (Å²) in [5.74, 6) is 1.09. The summed E-state index contributed by atoms with van der Waals surface area (Å²) in [6.07, 6.45) is 1.53. The fraction of sp³-hybridized carbons (Fsp3) is 0.125. The van der Waals surface area contributed by atoms with Crippen LogP contribution in [0.25, 0.3) is 6.08 Å². The fourth-order valence-electron chi connectivity index (χ4n) is 2.09. The molecule has 1 aromatic heterocycles. The number of esters is 1. The zero-order chi connectivity index (χ0) is 15.0. The minimum absolute atomic E-state index is 0.168. The van der Waals surface area contributed by atoms with Crippen molar-refractivity contribution in [2.45, 2.75) is 6.92 Å². The number of allylic oxidation sites excluding steroid dienone is 1. The maximum atomic E-state index is 12.3. The first-order chi connectivity index (χ1) is 10.1. The van der Waals surface area contributed by atoms with Crippen LogP contribution < -0.4 is 4.74 Å². The highest BCUT2D eigenvalue weighted by molar-refractivity contribution is 6.15. The van der Waals surface area contributed by atoms with Gasteiger partial charge in [0.25, 0.3) is 0 Å². The van der Waals surface area contributed by atoms with E-state index in [1.54, 1.807) is 24.3 Å². The summed E-state index contributed by atoms with van der Waals surface area (Å²) in [6, 6.07) is 8.15. The topological polar surface area (TPSA) is 65.7 Å². The van der Waals surface area contributed by atoms with Gasteiger partial charge in [0.2, 0.25) is 5.78 Å². The minimum Gasteiger partial charge on any atom is -0.465 e. The predicted octanol–water partition coefficient (Wildman–Crippen LogP) is 2.99. The Morgan fingerprint density at radius 2 is 2.05 bits per heavy atom. The van der Waals surface area contributed by atoms with E-state index in [-0.39, 0.29) is 11.5 Å². The van der Waals surface area contributed by atoms with Crippen LogP contribution >= 0.6 is 0 Å². The minimum atomic E-state index is -0.496. The Bertz CT molecular complexity index is 767. The lowest BCUT2D eigenvalue weighted by Gasteiger charge is -2.00. The van der Waals surface area contributed by atoms with E-state index in [1.165, 1.54) is 19.3 Å². The van der Waals surface area contributed by atoms with Crippen LogP contribution in [0, 0.1) is 6.92 Å². The van der Waals surface area contributed by atoms with Gasteiger partial charge < -0.3 is 13.9 Å². The highest BCUT2D eigenvalue weighted by Crippen LogP contribution is 2.32. The molecule has 0 unspecified atom stereocenters. The SMILES string of the molecule is COC(=O)c1ccc2c(c1)C(=O)C(=Cc1ccc(C)o1)O2. The van der Waals surface area contributed by atoms with Gasteiger partial charge in [-0.05, 0) is 37.3 Å². The van der Waals surface area contributed by atoms with Crippen molar-refractivity contribution in [3.63, 3.8) is 0 Å². The number of Topliss-reactive ketones (excluding diaryl/α,β-unsaturated/α-hetero) is 1. The first kappa shape index (κ1) is 13.2. The summed E-state index contributed by atoms with van der Waals surface area (Å²) >= 11 is 0. The summed E-state index contributed by atoms with van der Waals surface area (Å²) in [5.41, 5.74) is 0.649. The Morgan fingerprint density at radius 3 is 2.71 bits per heavy atom. The van der Waals surface area contributed by atoms with E-state index in [9.17, 15) is 9.59 Å². The van der Waals surface area contributed by atoms with Crippen molar-refractivity contribution in [3.8, 4) is 5.75 Å². The first-order valence-electron chi connectivity index (χ1n) is 6.31. The lowest BCUT2D eigenvalue weighted by atomic mass is 10.1. The Labute approximate surface area is 120 Å². The van der Waals surface area contributed by atoms with Crippen molar-refractivity contribution >= 4 is 17.8 Å². The predicted molar refractivity (Wildman–Crippen MR) is 74.2 cm³/mol. The van der Waals surface area contributed by atoms with E-state index in [1.807, 2.05) is 6.92 Å². The average molecular weight is 284 g/mol. The van der Waals surface area contributed by atoms with Crippen molar-refractivity contribution < 1.29 is 23.5 Å². The average Bonchev–Trinajstić information content (AvgIpc) is 3.03. The number of benzene rings is 1. The van der Waals surface area contributed by atoms with E-state index in [0.29, 0.717) is 22.6 Å². The number of hydrogen-bond acceptors (Lipinski definition) is 5. The van der Waals surface area contributed by atoms with E-state index >= 15 is 0 Å². The maximum Gasteiger partial charge on any atom is 0.337 e. The number of rotatable bonds is 2. The number of carbonyl (C=O) groups excluding carboxylic acids is 2. The lowest BCUT2D eigenvalue weighted by Crippen LogP contribution is -2.02. The lowest BCUT2D eigenvalue weighted by molar-refractivity contribution is 0.0600. The molecule has 0 N–H and O–H groups in total. The first-order valence-corrected chi connectivity index (χ1v) is 6.31. The molecule has 0 amide bonds. The van der Waals surface area contributed by atoms with Crippen LogP contribution in [-0.2, 0) is 4.74 Å². The standard InChI is InChI=1S/C16H12O5/c1-9-3-5-11(20-9)8-14-15(17)12-7-10(16(18)19-2)4-6-13(12)21-14/h3-8H,1-2H3. The zero-order valence-corrected chi connectivity index (χ0v) is 11.5. The van der Waals surface area contributed by atoms with E-state index in [4.69, 9.17) is 9.15 Å². The molecule has 1 aliphatic rings. The van der Waals surface area contributed by atoms with Crippen LogP contribution in [0.1, 0.15) is 32.2 Å². The van der Waals surface area contributed by atoms with Crippen molar-refractivity contribution in [1.29, 1.82) is 0 Å². The number of hydrogen-bond donors (Lipinski definition) is 0. The highest BCUT2D eigenvalue weighted by Gasteiger charge is 2.28. The van der Waals surface area contributed by atoms with Crippen LogP contribution in [0.2, 0.25) is 0 Å². The van der Waals surface area contributed by atoms with Gasteiger partial charge in [0, 0.05) is 6.08 Å².